The Morgan fingerprint density at radius 2 is 1.45 bits per heavy atom. The van der Waals surface area contributed by atoms with Crippen molar-refractivity contribution in [1.29, 1.82) is 0 Å². The van der Waals surface area contributed by atoms with Gasteiger partial charge in [0, 0.05) is 26.8 Å². The normalized spacial score (nSPS) is 21.8. The molecule has 2 heterocycles. The van der Waals surface area contributed by atoms with Gasteiger partial charge in [0.05, 0.1) is 30.8 Å². The highest BCUT2D eigenvalue weighted by Crippen LogP contribution is 2.45. The van der Waals surface area contributed by atoms with E-state index in [4.69, 9.17) is 24.2 Å². The fraction of sp³-hybridized carbons (Fsp3) is 0.308. The lowest BCUT2D eigenvalue weighted by molar-refractivity contribution is -0.156. The molecule has 4 aromatic rings. The molecule has 1 saturated heterocycles. The van der Waals surface area contributed by atoms with E-state index in [0.29, 0.717) is 19.4 Å². The summed E-state index contributed by atoms with van der Waals surface area (Å²) in [6.07, 6.45) is -0.462. The van der Waals surface area contributed by atoms with Crippen molar-refractivity contribution < 1.29 is 28.6 Å². The van der Waals surface area contributed by atoms with E-state index in [-0.39, 0.29) is 23.9 Å². The van der Waals surface area contributed by atoms with Gasteiger partial charge in [-0.2, -0.15) is 0 Å². The second-order valence-corrected chi connectivity index (χ2v) is 12.1. The van der Waals surface area contributed by atoms with Gasteiger partial charge in [-0.3, -0.25) is 14.5 Å². The molecule has 6 atom stereocenters. The number of fused-ring (bicyclic) bond motifs is 1. The Morgan fingerprint density at radius 1 is 0.830 bits per heavy atom. The number of benzene rings is 4. The van der Waals surface area contributed by atoms with Crippen molar-refractivity contribution in [3.63, 3.8) is 0 Å². The molecule has 0 unspecified atom stereocenters. The van der Waals surface area contributed by atoms with Gasteiger partial charge in [-0.15, -0.1) is 0 Å². The van der Waals surface area contributed by atoms with E-state index >= 15 is 0 Å². The van der Waals surface area contributed by atoms with Crippen LogP contribution in [0.1, 0.15) is 48.2 Å². The van der Waals surface area contributed by atoms with Crippen LogP contribution in [0, 0.1) is 5.92 Å². The average molecular weight is 633 g/mol. The van der Waals surface area contributed by atoms with Crippen molar-refractivity contribution in [3.05, 3.63) is 138 Å². The summed E-state index contributed by atoms with van der Waals surface area (Å²) in [7, 11) is 1.63. The minimum absolute atomic E-state index is 0.260. The van der Waals surface area contributed by atoms with Crippen molar-refractivity contribution in [2.24, 2.45) is 11.1 Å². The van der Waals surface area contributed by atoms with Crippen molar-refractivity contribution in [1.82, 2.24) is 4.90 Å². The number of oxime groups is 1. The molecular weight excluding hydrogens is 592 g/mol. The van der Waals surface area contributed by atoms with E-state index in [1.807, 2.05) is 103 Å². The molecule has 47 heavy (non-hydrogen) atoms. The monoisotopic (exact) mass is 632 g/mol. The molecule has 4 aromatic carbocycles. The Morgan fingerprint density at radius 3 is 2.04 bits per heavy atom. The van der Waals surface area contributed by atoms with Crippen LogP contribution in [0.4, 0.5) is 0 Å². The number of carbonyl (C=O) groups is 2. The van der Waals surface area contributed by atoms with Crippen molar-refractivity contribution in [3.8, 4) is 5.75 Å². The third kappa shape index (κ3) is 7.39. The number of hydrogen-bond donors (Lipinski definition) is 0. The van der Waals surface area contributed by atoms with Crippen molar-refractivity contribution in [2.45, 2.75) is 57.1 Å². The Balaban J connectivity index is 1.50. The highest BCUT2D eigenvalue weighted by molar-refractivity contribution is 5.94. The first kappa shape index (κ1) is 32.0. The van der Waals surface area contributed by atoms with Crippen LogP contribution >= 0.6 is 0 Å². The molecule has 0 amide bonds. The molecule has 242 valence electrons. The lowest BCUT2D eigenvalue weighted by Gasteiger charge is -2.48. The van der Waals surface area contributed by atoms with Crippen LogP contribution < -0.4 is 4.74 Å². The molecule has 2 aliphatic heterocycles. The molecule has 8 nitrogen and oxygen atoms in total. The summed E-state index contributed by atoms with van der Waals surface area (Å²) in [5, 5.41) is 4.76. The fourth-order valence-corrected chi connectivity index (χ4v) is 6.99. The maximum Gasteiger partial charge on any atom is 0.302 e. The zero-order chi connectivity index (χ0) is 32.8. The van der Waals surface area contributed by atoms with Crippen molar-refractivity contribution in [2.75, 3.05) is 13.7 Å². The summed E-state index contributed by atoms with van der Waals surface area (Å²) in [4.78, 5) is 33.9. The largest absolute Gasteiger partial charge is 0.497 e. The molecule has 2 aliphatic rings. The van der Waals surface area contributed by atoms with Gasteiger partial charge in [0.2, 0.25) is 0 Å². The minimum Gasteiger partial charge on any atom is -0.497 e. The predicted octanol–water partition coefficient (Wildman–Crippen LogP) is 6.51. The molecule has 0 bridgehead atoms. The Hall–Kier alpha value is -4.95. The summed E-state index contributed by atoms with van der Waals surface area (Å²) in [5.41, 5.74) is 4.87. The van der Waals surface area contributed by atoms with Gasteiger partial charge in [0.25, 0.3) is 0 Å². The highest BCUT2D eigenvalue weighted by Gasteiger charge is 2.53. The third-order valence-electron chi connectivity index (χ3n) is 8.95. The zero-order valence-electron chi connectivity index (χ0n) is 26.9. The summed E-state index contributed by atoms with van der Waals surface area (Å²) in [6, 6.07) is 37.4. The Bertz CT molecular complexity index is 1660. The second-order valence-electron chi connectivity index (χ2n) is 12.1. The molecule has 1 fully saturated rings. The maximum absolute atomic E-state index is 12.8. The number of likely N-dealkylation sites (tertiary alicyclic amines) is 1. The smallest absolute Gasteiger partial charge is 0.302 e. The SMILES string of the molecule is COc1ccc([C@H]([C@H](Cc2ccccc2)OC(C)=O)N2C[C@@H](OC(C)=O)[C@@H]3C(=NO[C@H]3c3ccccc3)[C@@H]2Cc2ccccc2)cc1. The molecule has 0 spiro atoms. The molecule has 0 aliphatic carbocycles. The van der Waals surface area contributed by atoms with E-state index < -0.39 is 24.4 Å². The molecule has 0 saturated carbocycles. The van der Waals surface area contributed by atoms with Crippen LogP contribution in [-0.2, 0) is 36.7 Å². The number of carbonyl (C=O) groups excluding carboxylic acids is 2. The number of rotatable bonds is 11. The van der Waals surface area contributed by atoms with Crippen LogP contribution in [0.5, 0.6) is 5.75 Å². The molecule has 0 radical (unpaired) electrons. The Labute approximate surface area is 275 Å². The van der Waals surface area contributed by atoms with Gasteiger partial charge >= 0.3 is 11.9 Å². The topological polar surface area (TPSA) is 86.7 Å². The number of piperidine rings is 1. The van der Waals surface area contributed by atoms with E-state index in [0.717, 1.165) is 33.7 Å². The van der Waals surface area contributed by atoms with E-state index in [1.54, 1.807) is 7.11 Å². The van der Waals surface area contributed by atoms with Crippen molar-refractivity contribution >= 4 is 17.7 Å². The van der Waals surface area contributed by atoms with Gasteiger partial charge in [-0.1, -0.05) is 108 Å². The zero-order valence-corrected chi connectivity index (χ0v) is 26.9. The van der Waals surface area contributed by atoms with Gasteiger partial charge in [0.15, 0.2) is 6.10 Å². The summed E-state index contributed by atoms with van der Waals surface area (Å²) in [6.45, 7) is 3.25. The number of esters is 2. The van der Waals surface area contributed by atoms with Crippen LogP contribution in [0.2, 0.25) is 0 Å². The third-order valence-corrected chi connectivity index (χ3v) is 8.95. The number of hydrogen-bond acceptors (Lipinski definition) is 8. The first-order valence-electron chi connectivity index (χ1n) is 16.0. The minimum atomic E-state index is -0.580. The summed E-state index contributed by atoms with van der Waals surface area (Å²) >= 11 is 0. The van der Waals surface area contributed by atoms with E-state index in [2.05, 4.69) is 17.0 Å². The van der Waals surface area contributed by atoms with E-state index in [1.165, 1.54) is 13.8 Å². The van der Waals surface area contributed by atoms with Crippen LogP contribution in [-0.4, -0.2) is 54.5 Å². The van der Waals surface area contributed by atoms with Crippen LogP contribution in [0.3, 0.4) is 0 Å². The highest BCUT2D eigenvalue weighted by atomic mass is 16.6. The first-order chi connectivity index (χ1) is 22.9. The Kier molecular flexibility index (Phi) is 9.97. The molecular formula is C39H40N2O6. The van der Waals surface area contributed by atoms with Gasteiger partial charge in [-0.05, 0) is 40.8 Å². The number of ether oxygens (including phenoxy) is 3. The molecule has 8 heteroatoms. The summed E-state index contributed by atoms with van der Waals surface area (Å²) in [5.74, 6) is -0.335. The first-order valence-corrected chi connectivity index (χ1v) is 16.0. The average Bonchev–Trinajstić information content (AvgIpc) is 3.53. The predicted molar refractivity (Wildman–Crippen MR) is 179 cm³/mol. The number of methoxy groups -OCH3 is 1. The maximum atomic E-state index is 12.8. The standard InChI is InChI=1S/C39H40N2O6/c1-26(42)45-34(24-29-15-9-5-10-16-29)38(30-19-21-32(44-3)22-20-30)41-25-35(46-27(2)43)36-37(33(41)23-28-13-7-4-8-14-28)40-47-39(36)31-17-11-6-12-18-31/h4-22,33-36,38-39H,23-25H2,1-3H3/t33-,34-,35+,36+,38+,39-/m0/s1. The second kappa shape index (κ2) is 14.6. The van der Waals surface area contributed by atoms with Gasteiger partial charge in [-0.25, -0.2) is 0 Å². The lowest BCUT2D eigenvalue weighted by atomic mass is 9.77. The van der Waals surface area contributed by atoms with Gasteiger partial charge < -0.3 is 19.0 Å². The fourth-order valence-electron chi connectivity index (χ4n) is 6.99. The molecule has 6 rings (SSSR count). The lowest BCUT2D eigenvalue weighted by Crippen LogP contribution is -2.60. The quantitative estimate of drug-likeness (QED) is 0.174. The van der Waals surface area contributed by atoms with Crippen LogP contribution in [0.15, 0.2) is 120 Å². The number of nitrogens with zero attached hydrogens (tertiary/aromatic N) is 2. The summed E-state index contributed by atoms with van der Waals surface area (Å²) < 4.78 is 17.8. The van der Waals surface area contributed by atoms with Gasteiger partial charge in [0.1, 0.15) is 18.0 Å². The molecule has 0 N–H and O–H groups in total. The van der Waals surface area contributed by atoms with E-state index in [9.17, 15) is 9.59 Å². The molecule has 0 aromatic heterocycles. The van der Waals surface area contributed by atoms with Crippen LogP contribution in [0.25, 0.3) is 0 Å².